The van der Waals surface area contributed by atoms with E-state index in [0.29, 0.717) is 5.70 Å². The Kier molecular flexibility index (Phi) is 3.35. The molecule has 0 rings (SSSR count). The maximum absolute atomic E-state index is 9.92. The predicted molar refractivity (Wildman–Crippen MR) is 37.5 cm³/mol. The lowest BCUT2D eigenvalue weighted by molar-refractivity contribution is 1.23. The predicted octanol–water partition coefficient (Wildman–Crippen LogP) is 1.52. The summed E-state index contributed by atoms with van der Waals surface area (Å²) in [6.07, 6.45) is 2.77. The second kappa shape index (κ2) is 3.83. The van der Waals surface area contributed by atoms with Gasteiger partial charge < -0.3 is 5.73 Å². The van der Waals surface area contributed by atoms with Crippen molar-refractivity contribution in [3.8, 4) is 0 Å². The van der Waals surface area contributed by atoms with Crippen LogP contribution in [0.25, 0.3) is 0 Å². The lowest BCUT2D eigenvalue weighted by Gasteiger charge is -1.88. The van der Waals surface area contributed by atoms with Crippen LogP contribution in [-0.4, -0.2) is 0 Å². The Labute approximate surface area is 54.2 Å². The molecule has 0 aromatic carbocycles. The molecule has 50 valence electrons. The highest BCUT2D eigenvalue weighted by Gasteiger charge is 1.90. The average molecular weight is 126 g/mol. The summed E-state index contributed by atoms with van der Waals surface area (Å²) in [5.41, 5.74) is 6.30. The van der Waals surface area contributed by atoms with Gasteiger partial charge in [0.2, 0.25) is 0 Å². The number of nitrogens with zero attached hydrogens (tertiary/aromatic N) is 1. The summed E-state index contributed by atoms with van der Waals surface area (Å²) in [6.45, 7) is 3.60. The third kappa shape index (κ3) is 2.64. The van der Waals surface area contributed by atoms with Crippen LogP contribution in [0.5, 0.6) is 0 Å². The summed E-state index contributed by atoms with van der Waals surface area (Å²) in [5, 5.41) is 2.74. The van der Waals surface area contributed by atoms with Crippen molar-refractivity contribution in [2.45, 2.75) is 13.8 Å². The molecule has 0 amide bonds. The normalized spacial score (nSPS) is 9.56. The summed E-state index contributed by atoms with van der Waals surface area (Å²) in [4.78, 5) is 9.92. The van der Waals surface area contributed by atoms with Crippen molar-refractivity contribution >= 4 is 0 Å². The first kappa shape index (κ1) is 7.88. The van der Waals surface area contributed by atoms with Crippen LogP contribution in [0.2, 0.25) is 0 Å². The van der Waals surface area contributed by atoms with Gasteiger partial charge in [0.1, 0.15) is 5.70 Å². The Balaban J connectivity index is 4.34. The molecule has 0 saturated carbocycles. The molecule has 3 heteroatoms. The van der Waals surface area contributed by atoms with Gasteiger partial charge in [-0.05, 0) is 36.9 Å². The van der Waals surface area contributed by atoms with Crippen LogP contribution in [-0.2, 0) is 0 Å². The van der Waals surface area contributed by atoms with E-state index in [-0.39, 0.29) is 0 Å². The highest BCUT2D eigenvalue weighted by atomic mass is 16.3. The van der Waals surface area contributed by atoms with Crippen molar-refractivity contribution in [3.63, 3.8) is 0 Å². The molecule has 0 heterocycles. The molecule has 0 aromatic heterocycles. The zero-order chi connectivity index (χ0) is 7.28. The van der Waals surface area contributed by atoms with Crippen LogP contribution in [0.4, 0.5) is 0 Å². The van der Waals surface area contributed by atoms with Crippen molar-refractivity contribution in [3.05, 3.63) is 28.5 Å². The molecule has 3 nitrogen and oxygen atoms in total. The fraction of sp³-hybridized carbons (Fsp3) is 0.333. The quantitative estimate of drug-likeness (QED) is 0.450. The highest BCUT2D eigenvalue weighted by molar-refractivity contribution is 5.20. The van der Waals surface area contributed by atoms with E-state index in [1.807, 2.05) is 0 Å². The molecular formula is C6H10N2O. The minimum absolute atomic E-state index is 0.400. The molecule has 0 radical (unpaired) electrons. The number of nitroso groups, excluding NO2 is 1. The zero-order valence-electron chi connectivity index (χ0n) is 5.59. The van der Waals surface area contributed by atoms with Crippen molar-refractivity contribution in [1.82, 2.24) is 0 Å². The van der Waals surface area contributed by atoms with Gasteiger partial charge in [-0.15, -0.1) is 4.91 Å². The van der Waals surface area contributed by atoms with Gasteiger partial charge in [-0.3, -0.25) is 0 Å². The minimum Gasteiger partial charge on any atom is -0.405 e. The Morgan fingerprint density at radius 1 is 1.56 bits per heavy atom. The van der Waals surface area contributed by atoms with Gasteiger partial charge in [0.15, 0.2) is 0 Å². The second-order valence-electron chi connectivity index (χ2n) is 1.84. The van der Waals surface area contributed by atoms with Crippen LogP contribution in [0.3, 0.4) is 0 Å². The Hall–Kier alpha value is -1.12. The molecule has 0 atom stereocenters. The second-order valence-corrected chi connectivity index (χ2v) is 1.84. The number of hydrogen-bond donors (Lipinski definition) is 1. The van der Waals surface area contributed by atoms with Gasteiger partial charge in [0.25, 0.3) is 0 Å². The van der Waals surface area contributed by atoms with Crippen molar-refractivity contribution in [2.75, 3.05) is 0 Å². The first-order valence-corrected chi connectivity index (χ1v) is 2.61. The summed E-state index contributed by atoms with van der Waals surface area (Å²) in [7, 11) is 0. The summed E-state index contributed by atoms with van der Waals surface area (Å²) in [6, 6.07) is 0. The molecule has 0 bridgehead atoms. The summed E-state index contributed by atoms with van der Waals surface area (Å²) >= 11 is 0. The topological polar surface area (TPSA) is 55.4 Å². The van der Waals surface area contributed by atoms with Crippen molar-refractivity contribution < 1.29 is 0 Å². The first-order valence-electron chi connectivity index (χ1n) is 2.61. The molecule has 0 saturated heterocycles. The van der Waals surface area contributed by atoms with E-state index in [9.17, 15) is 4.91 Å². The van der Waals surface area contributed by atoms with Crippen LogP contribution in [0, 0.1) is 4.91 Å². The van der Waals surface area contributed by atoms with E-state index in [4.69, 9.17) is 5.73 Å². The first-order chi connectivity index (χ1) is 4.22. The third-order valence-electron chi connectivity index (χ3n) is 0.865. The maximum Gasteiger partial charge on any atom is 0.108 e. The minimum atomic E-state index is 0.400. The Morgan fingerprint density at radius 2 is 2.11 bits per heavy atom. The highest BCUT2D eigenvalue weighted by Crippen LogP contribution is 2.04. The SMILES string of the molecule is CC(C)=C(/C=C\N)N=O. The van der Waals surface area contributed by atoms with E-state index in [1.54, 1.807) is 13.8 Å². The molecular weight excluding hydrogens is 116 g/mol. The van der Waals surface area contributed by atoms with Crippen molar-refractivity contribution in [1.29, 1.82) is 0 Å². The Bertz CT molecular complexity index is 154. The van der Waals surface area contributed by atoms with Crippen LogP contribution >= 0.6 is 0 Å². The fourth-order valence-electron chi connectivity index (χ4n) is 0.380. The van der Waals surface area contributed by atoms with Gasteiger partial charge in [0, 0.05) is 0 Å². The summed E-state index contributed by atoms with van der Waals surface area (Å²) in [5.74, 6) is 0. The van der Waals surface area contributed by atoms with E-state index in [0.717, 1.165) is 5.57 Å². The molecule has 0 aromatic rings. The molecule has 0 fully saturated rings. The van der Waals surface area contributed by atoms with Gasteiger partial charge >= 0.3 is 0 Å². The number of hydrogen-bond acceptors (Lipinski definition) is 3. The number of allylic oxidation sites excluding steroid dienone is 2. The van der Waals surface area contributed by atoms with Gasteiger partial charge in [-0.2, -0.15) is 0 Å². The lowest BCUT2D eigenvalue weighted by atomic mass is 10.2. The standard InChI is InChI=1S/C6H10N2O/c1-5(2)6(8-9)3-4-7/h3-4H,7H2,1-2H3/b4-3-. The molecule has 0 aliphatic rings. The van der Waals surface area contributed by atoms with Crippen LogP contribution in [0.1, 0.15) is 13.8 Å². The van der Waals surface area contributed by atoms with E-state index in [2.05, 4.69) is 5.18 Å². The molecule has 9 heavy (non-hydrogen) atoms. The smallest absolute Gasteiger partial charge is 0.108 e. The number of nitrogens with two attached hydrogens (primary N) is 1. The Morgan fingerprint density at radius 3 is 2.22 bits per heavy atom. The zero-order valence-corrected chi connectivity index (χ0v) is 5.59. The van der Waals surface area contributed by atoms with Gasteiger partial charge in [-0.25, -0.2) is 0 Å². The largest absolute Gasteiger partial charge is 0.405 e. The van der Waals surface area contributed by atoms with Crippen molar-refractivity contribution in [2.24, 2.45) is 10.9 Å². The third-order valence-corrected chi connectivity index (χ3v) is 0.865. The van der Waals surface area contributed by atoms with E-state index in [1.165, 1.54) is 12.3 Å². The average Bonchev–Trinajstić information content (AvgIpc) is 1.82. The monoisotopic (exact) mass is 126 g/mol. The summed E-state index contributed by atoms with van der Waals surface area (Å²) < 4.78 is 0. The maximum atomic E-state index is 9.92. The van der Waals surface area contributed by atoms with E-state index < -0.39 is 0 Å². The molecule has 0 aliphatic carbocycles. The molecule has 0 unspecified atom stereocenters. The lowest BCUT2D eigenvalue weighted by Crippen LogP contribution is -1.80. The molecule has 0 aliphatic heterocycles. The van der Waals surface area contributed by atoms with Crippen LogP contribution < -0.4 is 5.73 Å². The molecule has 2 N–H and O–H groups in total. The van der Waals surface area contributed by atoms with E-state index >= 15 is 0 Å². The fourth-order valence-corrected chi connectivity index (χ4v) is 0.380. The molecule has 0 spiro atoms. The number of rotatable bonds is 2. The van der Waals surface area contributed by atoms with Gasteiger partial charge in [-0.1, -0.05) is 0 Å². The van der Waals surface area contributed by atoms with Crippen LogP contribution in [0.15, 0.2) is 28.7 Å². The van der Waals surface area contributed by atoms with Gasteiger partial charge in [0.05, 0.1) is 0 Å².